The number of thiophene rings is 2. The van der Waals surface area contributed by atoms with E-state index in [0.717, 1.165) is 11.6 Å². The van der Waals surface area contributed by atoms with E-state index in [9.17, 15) is 0 Å². The molecule has 2 rings (SSSR count). The zero-order valence-electron chi connectivity index (χ0n) is 9.29. The van der Waals surface area contributed by atoms with Gasteiger partial charge in [-0.1, -0.05) is 18.5 Å². The van der Waals surface area contributed by atoms with E-state index in [2.05, 4.69) is 41.4 Å². The maximum Gasteiger partial charge on any atom is 0.0694 e. The van der Waals surface area contributed by atoms with Gasteiger partial charge in [0.15, 0.2) is 0 Å². The second-order valence-electron chi connectivity index (χ2n) is 3.64. The molecule has 0 saturated heterocycles. The Kier molecular flexibility index (Phi) is 4.03. The molecule has 1 N–H and O–H groups in total. The van der Waals surface area contributed by atoms with Gasteiger partial charge >= 0.3 is 0 Å². The fourth-order valence-corrected chi connectivity index (χ4v) is 3.74. The van der Waals surface area contributed by atoms with Crippen LogP contribution in [0.15, 0.2) is 22.2 Å². The molecule has 1 nitrogen and oxygen atoms in total. The number of rotatable bonds is 4. The van der Waals surface area contributed by atoms with E-state index in [1.807, 2.05) is 0 Å². The molecular formula is C12H14ClNS2. The third-order valence-electron chi connectivity index (χ3n) is 2.47. The third kappa shape index (κ3) is 2.33. The van der Waals surface area contributed by atoms with E-state index in [-0.39, 0.29) is 6.04 Å². The summed E-state index contributed by atoms with van der Waals surface area (Å²) in [6.07, 6.45) is 0. The van der Waals surface area contributed by atoms with Crippen molar-refractivity contribution >= 4 is 34.3 Å². The Morgan fingerprint density at radius 3 is 2.75 bits per heavy atom. The lowest BCUT2D eigenvalue weighted by molar-refractivity contribution is 0.641. The van der Waals surface area contributed by atoms with Gasteiger partial charge in [0.2, 0.25) is 0 Å². The average molecular weight is 272 g/mol. The Balaban J connectivity index is 2.37. The second-order valence-corrected chi connectivity index (χ2v) is 5.71. The molecule has 0 aliphatic heterocycles. The standard InChI is InChI=1S/C12H14ClNS2/c1-3-14-11(9-4-5-15-7-9)12-10(13)8(2)6-16-12/h4-7,11,14H,3H2,1-2H3. The Bertz CT molecular complexity index is 448. The SMILES string of the molecule is CCNC(c1ccsc1)c1scc(C)c1Cl. The molecule has 0 fully saturated rings. The van der Waals surface area contributed by atoms with E-state index in [4.69, 9.17) is 11.6 Å². The van der Waals surface area contributed by atoms with Gasteiger partial charge in [-0.2, -0.15) is 11.3 Å². The van der Waals surface area contributed by atoms with Crippen LogP contribution in [0.3, 0.4) is 0 Å². The zero-order chi connectivity index (χ0) is 11.5. The van der Waals surface area contributed by atoms with Crippen LogP contribution in [0.2, 0.25) is 5.02 Å². The molecule has 86 valence electrons. The van der Waals surface area contributed by atoms with Crippen molar-refractivity contribution in [3.8, 4) is 0 Å². The Labute approximate surface area is 109 Å². The molecule has 0 aliphatic carbocycles. The highest BCUT2D eigenvalue weighted by atomic mass is 35.5. The lowest BCUT2D eigenvalue weighted by Crippen LogP contribution is -2.20. The van der Waals surface area contributed by atoms with Crippen LogP contribution in [0.25, 0.3) is 0 Å². The lowest BCUT2D eigenvalue weighted by Gasteiger charge is -2.16. The van der Waals surface area contributed by atoms with Crippen molar-refractivity contribution in [3.63, 3.8) is 0 Å². The molecule has 0 radical (unpaired) electrons. The van der Waals surface area contributed by atoms with Crippen LogP contribution >= 0.6 is 34.3 Å². The summed E-state index contributed by atoms with van der Waals surface area (Å²) in [6, 6.07) is 2.39. The van der Waals surface area contributed by atoms with Gasteiger partial charge in [0.25, 0.3) is 0 Å². The molecule has 0 aromatic carbocycles. The molecule has 2 aromatic rings. The second kappa shape index (κ2) is 5.32. The maximum atomic E-state index is 6.33. The Morgan fingerprint density at radius 1 is 1.44 bits per heavy atom. The minimum absolute atomic E-state index is 0.238. The smallest absolute Gasteiger partial charge is 0.0694 e. The van der Waals surface area contributed by atoms with Gasteiger partial charge in [-0.3, -0.25) is 0 Å². The van der Waals surface area contributed by atoms with E-state index >= 15 is 0 Å². The van der Waals surface area contributed by atoms with Crippen molar-refractivity contribution in [2.24, 2.45) is 0 Å². The van der Waals surface area contributed by atoms with Crippen LogP contribution in [0.4, 0.5) is 0 Å². The molecule has 4 heteroatoms. The van der Waals surface area contributed by atoms with E-state index in [1.165, 1.54) is 16.0 Å². The summed E-state index contributed by atoms with van der Waals surface area (Å²) in [5.74, 6) is 0. The number of hydrogen-bond donors (Lipinski definition) is 1. The summed E-state index contributed by atoms with van der Waals surface area (Å²) < 4.78 is 0. The van der Waals surface area contributed by atoms with Crippen LogP contribution in [0, 0.1) is 6.92 Å². The minimum atomic E-state index is 0.238. The third-order valence-corrected chi connectivity index (χ3v) is 4.95. The van der Waals surface area contributed by atoms with Crippen molar-refractivity contribution in [2.75, 3.05) is 6.54 Å². The van der Waals surface area contributed by atoms with Crippen molar-refractivity contribution in [1.29, 1.82) is 0 Å². The predicted octanol–water partition coefficient (Wildman–Crippen LogP) is 4.47. The molecule has 1 unspecified atom stereocenters. The highest BCUT2D eigenvalue weighted by Gasteiger charge is 2.19. The van der Waals surface area contributed by atoms with Gasteiger partial charge in [-0.15, -0.1) is 11.3 Å². The molecule has 0 bridgehead atoms. The minimum Gasteiger partial charge on any atom is -0.306 e. The first-order chi connectivity index (χ1) is 7.74. The maximum absolute atomic E-state index is 6.33. The van der Waals surface area contributed by atoms with Crippen molar-refractivity contribution in [2.45, 2.75) is 19.9 Å². The number of nitrogens with one attached hydrogen (secondary N) is 1. The zero-order valence-corrected chi connectivity index (χ0v) is 11.7. The van der Waals surface area contributed by atoms with Gasteiger partial charge < -0.3 is 5.32 Å². The highest BCUT2D eigenvalue weighted by molar-refractivity contribution is 7.11. The number of aryl methyl sites for hydroxylation is 1. The lowest BCUT2D eigenvalue weighted by atomic mass is 10.1. The first kappa shape index (κ1) is 12.1. The van der Waals surface area contributed by atoms with Crippen molar-refractivity contribution in [3.05, 3.63) is 43.2 Å². The van der Waals surface area contributed by atoms with Crippen LogP contribution in [-0.4, -0.2) is 6.54 Å². The molecule has 0 spiro atoms. The molecule has 0 aliphatic rings. The Hall–Kier alpha value is -0.350. The van der Waals surface area contributed by atoms with Gasteiger partial charge in [0.1, 0.15) is 0 Å². The van der Waals surface area contributed by atoms with Gasteiger partial charge in [0.05, 0.1) is 11.1 Å². The number of hydrogen-bond acceptors (Lipinski definition) is 3. The summed E-state index contributed by atoms with van der Waals surface area (Å²) in [7, 11) is 0. The molecule has 0 amide bonds. The summed E-state index contributed by atoms with van der Waals surface area (Å²) in [5, 5.41) is 10.8. The summed E-state index contributed by atoms with van der Waals surface area (Å²) in [5.41, 5.74) is 2.47. The first-order valence-corrected chi connectivity index (χ1v) is 7.43. The predicted molar refractivity (Wildman–Crippen MR) is 73.9 cm³/mol. The quantitative estimate of drug-likeness (QED) is 0.865. The van der Waals surface area contributed by atoms with Gasteiger partial charge in [-0.25, -0.2) is 0 Å². The number of halogens is 1. The molecule has 2 heterocycles. The monoisotopic (exact) mass is 271 g/mol. The summed E-state index contributed by atoms with van der Waals surface area (Å²) >= 11 is 9.79. The van der Waals surface area contributed by atoms with Crippen LogP contribution in [0.1, 0.15) is 29.0 Å². The van der Waals surface area contributed by atoms with Crippen molar-refractivity contribution < 1.29 is 0 Å². The van der Waals surface area contributed by atoms with Crippen LogP contribution in [0.5, 0.6) is 0 Å². The molecule has 1 atom stereocenters. The largest absolute Gasteiger partial charge is 0.306 e. The highest BCUT2D eigenvalue weighted by Crippen LogP contribution is 2.36. The molecular weight excluding hydrogens is 258 g/mol. The average Bonchev–Trinajstić information content (AvgIpc) is 2.89. The Morgan fingerprint density at radius 2 is 2.25 bits per heavy atom. The van der Waals surface area contributed by atoms with Crippen molar-refractivity contribution in [1.82, 2.24) is 5.32 Å². The molecule has 16 heavy (non-hydrogen) atoms. The topological polar surface area (TPSA) is 12.0 Å². The summed E-state index contributed by atoms with van der Waals surface area (Å²) in [4.78, 5) is 1.22. The molecule has 0 saturated carbocycles. The first-order valence-electron chi connectivity index (χ1n) is 5.23. The van der Waals surface area contributed by atoms with E-state index in [0.29, 0.717) is 0 Å². The van der Waals surface area contributed by atoms with Crippen LogP contribution < -0.4 is 5.32 Å². The van der Waals surface area contributed by atoms with Crippen LogP contribution in [-0.2, 0) is 0 Å². The normalized spacial score (nSPS) is 12.9. The van der Waals surface area contributed by atoms with Gasteiger partial charge in [-0.05, 0) is 46.8 Å². The van der Waals surface area contributed by atoms with Gasteiger partial charge in [0, 0.05) is 4.88 Å². The van der Waals surface area contributed by atoms with E-state index in [1.54, 1.807) is 22.7 Å². The summed E-state index contributed by atoms with van der Waals surface area (Å²) in [6.45, 7) is 5.11. The fraction of sp³-hybridized carbons (Fsp3) is 0.333. The van der Waals surface area contributed by atoms with E-state index < -0.39 is 0 Å². The molecule has 2 aromatic heterocycles. The fourth-order valence-electron chi connectivity index (χ4n) is 1.65.